The Morgan fingerprint density at radius 2 is 2.33 bits per heavy atom. The van der Waals surface area contributed by atoms with Crippen LogP contribution in [0.1, 0.15) is 30.1 Å². The van der Waals surface area contributed by atoms with E-state index in [-0.39, 0.29) is 0 Å². The normalized spacial score (nSPS) is 12.8. The van der Waals surface area contributed by atoms with Crippen molar-refractivity contribution in [3.05, 3.63) is 37.4 Å². The van der Waals surface area contributed by atoms with Gasteiger partial charge in [-0.3, -0.25) is 0 Å². The van der Waals surface area contributed by atoms with Crippen molar-refractivity contribution in [3.8, 4) is 0 Å². The Kier molecular flexibility index (Phi) is 5.41. The molecule has 0 aliphatic heterocycles. The summed E-state index contributed by atoms with van der Waals surface area (Å²) in [5, 5.41) is 3.57. The SMILES string of the molecule is CCCNC(Cc1ncc[nH]1)c1cc(Br)c(Br)s1. The van der Waals surface area contributed by atoms with Crippen LogP contribution in [-0.4, -0.2) is 16.5 Å². The lowest BCUT2D eigenvalue weighted by molar-refractivity contribution is 0.527. The molecule has 0 radical (unpaired) electrons. The summed E-state index contributed by atoms with van der Waals surface area (Å²) in [5.74, 6) is 1.02. The number of hydrogen-bond donors (Lipinski definition) is 2. The van der Waals surface area contributed by atoms with Crippen molar-refractivity contribution >= 4 is 43.2 Å². The summed E-state index contributed by atoms with van der Waals surface area (Å²) in [7, 11) is 0. The summed E-state index contributed by atoms with van der Waals surface area (Å²) in [5.41, 5.74) is 0. The van der Waals surface area contributed by atoms with Crippen LogP contribution in [0.15, 0.2) is 26.7 Å². The summed E-state index contributed by atoms with van der Waals surface area (Å²) in [6.07, 6.45) is 5.67. The molecule has 1 unspecified atom stereocenters. The van der Waals surface area contributed by atoms with Crippen molar-refractivity contribution in [2.75, 3.05) is 6.54 Å². The molecule has 2 rings (SSSR count). The van der Waals surface area contributed by atoms with Gasteiger partial charge in [-0.2, -0.15) is 0 Å². The largest absolute Gasteiger partial charge is 0.349 e. The summed E-state index contributed by atoms with van der Waals surface area (Å²) < 4.78 is 2.26. The van der Waals surface area contributed by atoms with E-state index >= 15 is 0 Å². The molecule has 0 saturated heterocycles. The van der Waals surface area contributed by atoms with Crippen LogP contribution in [0.25, 0.3) is 0 Å². The maximum absolute atomic E-state index is 4.30. The van der Waals surface area contributed by atoms with E-state index in [9.17, 15) is 0 Å². The summed E-state index contributed by atoms with van der Waals surface area (Å²) >= 11 is 8.85. The molecule has 0 bridgehead atoms. The third kappa shape index (κ3) is 3.66. The minimum absolute atomic E-state index is 0.309. The fourth-order valence-corrected chi connectivity index (χ4v) is 3.90. The van der Waals surface area contributed by atoms with Gasteiger partial charge >= 0.3 is 0 Å². The van der Waals surface area contributed by atoms with Crippen molar-refractivity contribution < 1.29 is 0 Å². The zero-order valence-electron chi connectivity index (χ0n) is 10.0. The molecule has 0 saturated carbocycles. The first-order chi connectivity index (χ1) is 8.70. The van der Waals surface area contributed by atoms with Crippen molar-refractivity contribution in [1.29, 1.82) is 0 Å². The van der Waals surface area contributed by atoms with E-state index in [0.29, 0.717) is 6.04 Å². The number of aromatic nitrogens is 2. The monoisotopic (exact) mass is 391 g/mol. The number of halogens is 2. The number of H-pyrrole nitrogens is 1. The number of rotatable bonds is 6. The first-order valence-corrected chi connectivity index (χ1v) is 8.27. The van der Waals surface area contributed by atoms with Gasteiger partial charge in [0.05, 0.1) is 3.79 Å². The highest BCUT2D eigenvalue weighted by atomic mass is 79.9. The molecule has 2 N–H and O–H groups in total. The van der Waals surface area contributed by atoms with E-state index in [1.807, 2.05) is 6.20 Å². The van der Waals surface area contributed by atoms with Crippen LogP contribution in [-0.2, 0) is 6.42 Å². The fraction of sp³-hybridized carbons (Fsp3) is 0.417. The maximum Gasteiger partial charge on any atom is 0.107 e. The van der Waals surface area contributed by atoms with Gasteiger partial charge in [0.2, 0.25) is 0 Å². The molecule has 0 fully saturated rings. The van der Waals surface area contributed by atoms with Crippen LogP contribution in [0.3, 0.4) is 0 Å². The van der Waals surface area contributed by atoms with E-state index in [0.717, 1.165) is 33.5 Å². The van der Waals surface area contributed by atoms with Crippen molar-refractivity contribution in [2.45, 2.75) is 25.8 Å². The second-order valence-corrected chi connectivity index (χ2v) is 7.27. The zero-order valence-corrected chi connectivity index (χ0v) is 14.0. The Hall–Kier alpha value is -0.170. The van der Waals surface area contributed by atoms with Gasteiger partial charge in [-0.15, -0.1) is 11.3 Å². The van der Waals surface area contributed by atoms with Gasteiger partial charge in [-0.25, -0.2) is 4.98 Å². The molecule has 0 aromatic carbocycles. The topological polar surface area (TPSA) is 40.7 Å². The van der Waals surface area contributed by atoms with Crippen LogP contribution in [0, 0.1) is 0 Å². The third-order valence-corrected chi connectivity index (χ3v) is 5.97. The fourth-order valence-electron chi connectivity index (χ4n) is 1.73. The van der Waals surface area contributed by atoms with E-state index in [1.165, 1.54) is 4.88 Å². The molecule has 0 aliphatic rings. The average Bonchev–Trinajstić information content (AvgIpc) is 2.96. The van der Waals surface area contributed by atoms with Crippen LogP contribution in [0.5, 0.6) is 0 Å². The molecule has 3 nitrogen and oxygen atoms in total. The number of aromatic amines is 1. The number of hydrogen-bond acceptors (Lipinski definition) is 3. The molecular formula is C12H15Br2N3S. The standard InChI is InChI=1S/C12H15Br2N3S/c1-2-3-15-9(7-11-16-4-5-17-11)10-6-8(13)12(14)18-10/h4-6,9,15H,2-3,7H2,1H3,(H,16,17). The smallest absolute Gasteiger partial charge is 0.107 e. The van der Waals surface area contributed by atoms with Crippen molar-refractivity contribution in [2.24, 2.45) is 0 Å². The first-order valence-electron chi connectivity index (χ1n) is 5.87. The quantitative estimate of drug-likeness (QED) is 0.770. The van der Waals surface area contributed by atoms with E-state index in [4.69, 9.17) is 0 Å². The van der Waals surface area contributed by atoms with Crippen LogP contribution in [0.2, 0.25) is 0 Å². The number of nitrogens with zero attached hydrogens (tertiary/aromatic N) is 1. The van der Waals surface area contributed by atoms with E-state index in [1.54, 1.807) is 17.5 Å². The van der Waals surface area contributed by atoms with Gasteiger partial charge in [-0.05, 0) is 50.9 Å². The minimum atomic E-state index is 0.309. The van der Waals surface area contributed by atoms with Crippen LogP contribution in [0.4, 0.5) is 0 Å². The maximum atomic E-state index is 4.30. The Balaban J connectivity index is 2.13. The summed E-state index contributed by atoms with van der Waals surface area (Å²) in [6.45, 7) is 3.19. The number of nitrogens with one attached hydrogen (secondary N) is 2. The summed E-state index contributed by atoms with van der Waals surface area (Å²) in [4.78, 5) is 8.79. The van der Waals surface area contributed by atoms with E-state index < -0.39 is 0 Å². The lowest BCUT2D eigenvalue weighted by Gasteiger charge is -2.15. The molecule has 6 heteroatoms. The molecule has 18 heavy (non-hydrogen) atoms. The van der Waals surface area contributed by atoms with E-state index in [2.05, 4.69) is 60.1 Å². The highest BCUT2D eigenvalue weighted by molar-refractivity contribution is 9.13. The average molecular weight is 393 g/mol. The molecule has 0 aliphatic carbocycles. The van der Waals surface area contributed by atoms with Gasteiger partial charge < -0.3 is 10.3 Å². The molecule has 2 aromatic rings. The van der Waals surface area contributed by atoms with Crippen molar-refractivity contribution in [1.82, 2.24) is 15.3 Å². The van der Waals surface area contributed by atoms with Gasteiger partial charge in [0.1, 0.15) is 5.82 Å². The highest BCUT2D eigenvalue weighted by Crippen LogP contribution is 2.36. The van der Waals surface area contributed by atoms with Crippen LogP contribution >= 0.6 is 43.2 Å². The second-order valence-electron chi connectivity index (χ2n) is 4.02. The molecular weight excluding hydrogens is 378 g/mol. The Bertz CT molecular complexity index is 462. The van der Waals surface area contributed by atoms with Crippen molar-refractivity contribution in [3.63, 3.8) is 0 Å². The minimum Gasteiger partial charge on any atom is -0.349 e. The molecule has 98 valence electrons. The van der Waals surface area contributed by atoms with Gasteiger partial charge in [0.25, 0.3) is 0 Å². The van der Waals surface area contributed by atoms with Gasteiger partial charge in [-0.1, -0.05) is 6.92 Å². The number of thiophene rings is 1. The van der Waals surface area contributed by atoms with Crippen LogP contribution < -0.4 is 5.32 Å². The molecule has 1 atom stereocenters. The van der Waals surface area contributed by atoms with Gasteiger partial charge in [0.15, 0.2) is 0 Å². The first kappa shape index (κ1) is 14.2. The number of imidazole rings is 1. The molecule has 2 aromatic heterocycles. The zero-order chi connectivity index (χ0) is 13.0. The Morgan fingerprint density at radius 1 is 1.50 bits per heavy atom. The predicted octanol–water partition coefficient (Wildman–Crippen LogP) is 4.28. The molecule has 0 spiro atoms. The Morgan fingerprint density at radius 3 is 2.89 bits per heavy atom. The highest BCUT2D eigenvalue weighted by Gasteiger charge is 2.16. The lowest BCUT2D eigenvalue weighted by Crippen LogP contribution is -2.23. The lowest BCUT2D eigenvalue weighted by atomic mass is 10.1. The second kappa shape index (κ2) is 6.84. The molecule has 0 amide bonds. The van der Waals surface area contributed by atoms with Gasteiger partial charge in [0, 0.05) is 34.2 Å². The third-order valence-electron chi connectivity index (χ3n) is 2.60. The Labute approximate surface area is 128 Å². The predicted molar refractivity (Wildman–Crippen MR) is 83.0 cm³/mol. The summed E-state index contributed by atoms with van der Waals surface area (Å²) in [6, 6.07) is 2.48. The molecule has 2 heterocycles.